The number of thiazole rings is 2. The van der Waals surface area contributed by atoms with E-state index in [0.29, 0.717) is 75.4 Å². The number of hydrogen-bond acceptors (Lipinski definition) is 16. The van der Waals surface area contributed by atoms with Crippen LogP contribution >= 0.6 is 22.7 Å². The van der Waals surface area contributed by atoms with E-state index in [4.69, 9.17) is 28.9 Å². The van der Waals surface area contributed by atoms with Crippen LogP contribution in [0.5, 0.6) is 23.0 Å². The normalized spacial score (nSPS) is 14.7. The minimum Gasteiger partial charge on any atom is -0.497 e. The van der Waals surface area contributed by atoms with Crippen LogP contribution in [0.4, 0.5) is 10.3 Å². The Morgan fingerprint density at radius 3 is 1.42 bits per heavy atom. The van der Waals surface area contributed by atoms with Crippen LogP contribution in [0.15, 0.2) is 105 Å². The quantitative estimate of drug-likeness (QED) is 0.131. The first kappa shape index (κ1) is 45.8. The molecule has 332 valence electrons. The number of piperazine rings is 2. The van der Waals surface area contributed by atoms with Gasteiger partial charge >= 0.3 is 0 Å². The summed E-state index contributed by atoms with van der Waals surface area (Å²) < 4.78 is 76.6. The molecule has 4 aromatic carbocycles. The molecule has 8 rings (SSSR count). The predicted octanol–water partition coefficient (Wildman–Crippen LogP) is 6.42. The number of nitriles is 2. The molecule has 2 aliphatic heterocycles. The van der Waals surface area contributed by atoms with Gasteiger partial charge in [0.05, 0.1) is 60.7 Å². The average Bonchev–Trinajstić information content (AvgIpc) is 4.05. The van der Waals surface area contributed by atoms with Crippen molar-refractivity contribution in [2.45, 2.75) is 9.79 Å². The summed E-state index contributed by atoms with van der Waals surface area (Å²) >= 11 is 3.01. The number of nitrogens with zero attached hydrogens (tertiary/aromatic N) is 8. The second-order valence-electron chi connectivity index (χ2n) is 14.2. The Labute approximate surface area is 380 Å². The van der Waals surface area contributed by atoms with Gasteiger partial charge in [0, 0.05) is 80.3 Å². The zero-order valence-electron chi connectivity index (χ0n) is 35.4. The molecule has 2 aromatic heterocycles. The fourth-order valence-electron chi connectivity index (χ4n) is 7.18. The first-order valence-electron chi connectivity index (χ1n) is 19.8. The zero-order valence-corrected chi connectivity index (χ0v) is 38.6. The lowest BCUT2D eigenvalue weighted by molar-refractivity contribution is 0.384. The van der Waals surface area contributed by atoms with Gasteiger partial charge in [-0.2, -0.15) is 19.1 Å². The molecule has 6 aromatic rings. The van der Waals surface area contributed by atoms with Gasteiger partial charge in [-0.1, -0.05) is 24.3 Å². The van der Waals surface area contributed by atoms with E-state index in [-0.39, 0.29) is 20.9 Å². The van der Waals surface area contributed by atoms with Crippen molar-refractivity contribution >= 4 is 53.0 Å². The zero-order chi connectivity index (χ0) is 45.4. The van der Waals surface area contributed by atoms with Crippen molar-refractivity contribution in [1.29, 1.82) is 10.5 Å². The molecule has 2 fully saturated rings. The van der Waals surface area contributed by atoms with E-state index in [1.165, 1.54) is 55.5 Å². The van der Waals surface area contributed by atoms with E-state index < -0.39 is 20.0 Å². The fourth-order valence-corrected chi connectivity index (χ4v) is 12.1. The number of rotatable bonds is 12. The van der Waals surface area contributed by atoms with Gasteiger partial charge in [-0.15, -0.1) is 22.7 Å². The molecule has 64 heavy (non-hydrogen) atoms. The maximum Gasteiger partial charge on any atom is 0.244 e. The second-order valence-corrected chi connectivity index (χ2v) is 19.6. The lowest BCUT2D eigenvalue weighted by Crippen LogP contribution is -2.48. The summed E-state index contributed by atoms with van der Waals surface area (Å²) in [5.74, 6) is 2.80. The van der Waals surface area contributed by atoms with Gasteiger partial charge in [0.15, 0.2) is 10.3 Å². The summed E-state index contributed by atoms with van der Waals surface area (Å²) in [4.78, 5) is 13.8. The molecule has 0 aliphatic carbocycles. The van der Waals surface area contributed by atoms with Crippen molar-refractivity contribution in [1.82, 2.24) is 18.6 Å². The Morgan fingerprint density at radius 2 is 0.969 bits per heavy atom. The molecule has 0 saturated carbocycles. The van der Waals surface area contributed by atoms with Crippen LogP contribution in [0.25, 0.3) is 22.5 Å². The van der Waals surface area contributed by atoms with Gasteiger partial charge in [-0.3, -0.25) is 0 Å². The van der Waals surface area contributed by atoms with Crippen molar-refractivity contribution in [3.05, 3.63) is 107 Å². The topological polar surface area (TPSA) is 192 Å². The number of methoxy groups -OCH3 is 4. The first-order chi connectivity index (χ1) is 30.9. The summed E-state index contributed by atoms with van der Waals surface area (Å²) in [7, 11) is -1.02. The van der Waals surface area contributed by atoms with E-state index in [1.54, 1.807) is 52.7 Å². The smallest absolute Gasteiger partial charge is 0.244 e. The highest BCUT2D eigenvalue weighted by Gasteiger charge is 2.33. The van der Waals surface area contributed by atoms with Crippen molar-refractivity contribution in [2.24, 2.45) is 0 Å². The van der Waals surface area contributed by atoms with Crippen LogP contribution in [0, 0.1) is 22.7 Å². The molecule has 4 heterocycles. The Balaban J connectivity index is 0.000000191. The fraction of sp³-hybridized carbons (Fsp3) is 0.273. The van der Waals surface area contributed by atoms with Crippen molar-refractivity contribution in [2.75, 3.05) is 90.6 Å². The monoisotopic (exact) mass is 940 g/mol. The molecule has 0 atom stereocenters. The van der Waals surface area contributed by atoms with Gasteiger partial charge < -0.3 is 28.7 Å². The molecule has 0 bridgehead atoms. The number of ether oxygens (including phenoxy) is 4. The van der Waals surface area contributed by atoms with Crippen LogP contribution in [-0.4, -0.2) is 116 Å². The van der Waals surface area contributed by atoms with Crippen molar-refractivity contribution < 1.29 is 35.8 Å². The number of benzene rings is 4. The van der Waals surface area contributed by atoms with Gasteiger partial charge in [0.2, 0.25) is 20.0 Å². The highest BCUT2D eigenvalue weighted by molar-refractivity contribution is 7.89. The molecular formula is C44H44N8O8S4. The standard InChI is InChI=1S/2C22H22N4O4S2/c1-29-17-7-8-20(30-2)18(13-17)19-15-31-22(24-19)25-9-11-26(12-10-25)32(27,28)21-6-4-3-5-16(21)14-23;1-29-17-7-8-18(20(13-17)30-2)19-15-31-22(24-19)25-9-11-26(12-10-25)32(27,28)21-6-4-3-5-16(21)14-23/h2*3-8,13,15H,9-12H2,1-2H3. The summed E-state index contributed by atoms with van der Waals surface area (Å²) in [5.41, 5.74) is 3.59. The highest BCUT2D eigenvalue weighted by atomic mass is 32.2. The van der Waals surface area contributed by atoms with Gasteiger partial charge in [-0.25, -0.2) is 26.8 Å². The van der Waals surface area contributed by atoms with E-state index >= 15 is 0 Å². The van der Waals surface area contributed by atoms with Crippen LogP contribution in [0.2, 0.25) is 0 Å². The van der Waals surface area contributed by atoms with E-state index in [0.717, 1.165) is 32.8 Å². The minimum absolute atomic E-state index is 0.0533. The van der Waals surface area contributed by atoms with E-state index in [1.807, 2.05) is 59.3 Å². The minimum atomic E-state index is -3.73. The third kappa shape index (κ3) is 9.62. The van der Waals surface area contributed by atoms with Crippen LogP contribution < -0.4 is 28.7 Å². The maximum absolute atomic E-state index is 13.0. The third-order valence-corrected chi connectivity index (χ3v) is 16.3. The first-order valence-corrected chi connectivity index (χ1v) is 24.4. The largest absolute Gasteiger partial charge is 0.497 e. The molecule has 0 spiro atoms. The SMILES string of the molecule is COc1ccc(-c2csc(N3CCN(S(=O)(=O)c4ccccc4C#N)CC3)n2)c(OC)c1.COc1ccc(OC)c(-c2csc(N3CCN(S(=O)(=O)c4ccccc4C#N)CC3)n2)c1. The van der Waals surface area contributed by atoms with Crippen molar-refractivity contribution in [3.8, 4) is 57.7 Å². The maximum atomic E-state index is 13.0. The Kier molecular flexibility index (Phi) is 14.3. The molecule has 2 saturated heterocycles. The Hall–Kier alpha value is -6.26. The molecule has 0 amide bonds. The molecule has 20 heteroatoms. The molecule has 0 unspecified atom stereocenters. The molecule has 0 radical (unpaired) electrons. The Bertz CT molecular complexity index is 2910. The summed E-state index contributed by atoms with van der Waals surface area (Å²) in [6.45, 7) is 3.33. The number of sulfonamides is 2. The van der Waals surface area contributed by atoms with Crippen LogP contribution in [0.3, 0.4) is 0 Å². The Morgan fingerprint density at radius 1 is 0.531 bits per heavy atom. The molecule has 0 N–H and O–H groups in total. The lowest BCUT2D eigenvalue weighted by Gasteiger charge is -2.33. The van der Waals surface area contributed by atoms with Crippen molar-refractivity contribution in [3.63, 3.8) is 0 Å². The lowest BCUT2D eigenvalue weighted by atomic mass is 10.1. The van der Waals surface area contributed by atoms with Gasteiger partial charge in [0.25, 0.3) is 0 Å². The predicted molar refractivity (Wildman–Crippen MR) is 246 cm³/mol. The summed E-state index contributed by atoms with van der Waals surface area (Å²) in [6.07, 6.45) is 0. The molecular weight excluding hydrogens is 897 g/mol. The second kappa shape index (κ2) is 20.1. The summed E-state index contributed by atoms with van der Waals surface area (Å²) in [5, 5.41) is 24.1. The highest BCUT2D eigenvalue weighted by Crippen LogP contribution is 2.38. The number of aromatic nitrogens is 2. The van der Waals surface area contributed by atoms with Crippen LogP contribution in [0.1, 0.15) is 11.1 Å². The van der Waals surface area contributed by atoms with Crippen LogP contribution in [-0.2, 0) is 20.0 Å². The summed E-state index contributed by atoms with van der Waals surface area (Å²) in [6, 6.07) is 27.7. The van der Waals surface area contributed by atoms with Gasteiger partial charge in [0.1, 0.15) is 35.1 Å². The average molecular weight is 941 g/mol. The number of anilines is 2. The number of hydrogen-bond donors (Lipinski definition) is 0. The van der Waals surface area contributed by atoms with E-state index in [2.05, 4.69) is 9.80 Å². The molecule has 16 nitrogen and oxygen atoms in total. The third-order valence-electron chi connectivity index (χ3n) is 10.6. The van der Waals surface area contributed by atoms with E-state index in [9.17, 15) is 27.4 Å². The van der Waals surface area contributed by atoms with Gasteiger partial charge in [-0.05, 0) is 54.6 Å². The molecule has 2 aliphatic rings.